The summed E-state index contributed by atoms with van der Waals surface area (Å²) in [5, 5.41) is 8.73. The summed E-state index contributed by atoms with van der Waals surface area (Å²) in [7, 11) is 1.75. The molecule has 1 saturated heterocycles. The van der Waals surface area contributed by atoms with Crippen LogP contribution < -0.4 is 4.90 Å². The minimum atomic E-state index is 0.589. The van der Waals surface area contributed by atoms with Gasteiger partial charge in [0.25, 0.3) is 0 Å². The molecule has 1 aromatic rings. The van der Waals surface area contributed by atoms with Gasteiger partial charge in [0.05, 0.1) is 12.2 Å². The number of methoxy groups -OCH3 is 1. The number of piperidine rings is 1. The second kappa shape index (κ2) is 5.65. The standard InChI is InChI=1S/C13H17N3O/c1-17-10-12-3-2-6-16(9-12)13-5-4-11(7-14)8-15-13/h4-5,8,12H,2-3,6,9-10H2,1H3/t12-/m1/s1. The molecule has 17 heavy (non-hydrogen) atoms. The Kier molecular flexibility index (Phi) is 3.94. The van der Waals surface area contributed by atoms with E-state index < -0.39 is 0 Å². The number of anilines is 1. The van der Waals surface area contributed by atoms with Gasteiger partial charge in [-0.25, -0.2) is 4.98 Å². The lowest BCUT2D eigenvalue weighted by molar-refractivity contribution is 0.143. The molecule has 1 aromatic heterocycles. The second-order valence-corrected chi connectivity index (χ2v) is 4.43. The Morgan fingerprint density at radius 3 is 3.12 bits per heavy atom. The van der Waals surface area contributed by atoms with Gasteiger partial charge in [-0.15, -0.1) is 0 Å². The van der Waals surface area contributed by atoms with E-state index in [0.717, 1.165) is 25.5 Å². The number of nitriles is 1. The molecule has 0 unspecified atom stereocenters. The van der Waals surface area contributed by atoms with Crippen LogP contribution in [0.2, 0.25) is 0 Å². The van der Waals surface area contributed by atoms with E-state index in [1.807, 2.05) is 12.1 Å². The smallest absolute Gasteiger partial charge is 0.128 e. The number of aromatic nitrogens is 1. The maximum atomic E-state index is 8.73. The third kappa shape index (κ3) is 2.95. The number of rotatable bonds is 3. The Morgan fingerprint density at radius 2 is 2.47 bits per heavy atom. The zero-order valence-corrected chi connectivity index (χ0v) is 10.1. The number of hydrogen-bond acceptors (Lipinski definition) is 4. The highest BCUT2D eigenvalue weighted by molar-refractivity contribution is 5.42. The quantitative estimate of drug-likeness (QED) is 0.796. The van der Waals surface area contributed by atoms with Crippen LogP contribution in [0.5, 0.6) is 0 Å². The number of ether oxygens (including phenoxy) is 1. The Bertz CT molecular complexity index is 394. The molecule has 1 aliphatic rings. The number of hydrogen-bond donors (Lipinski definition) is 0. The Hall–Kier alpha value is -1.60. The van der Waals surface area contributed by atoms with E-state index in [2.05, 4.69) is 16.0 Å². The summed E-state index contributed by atoms with van der Waals surface area (Å²) in [5.41, 5.74) is 0.610. The van der Waals surface area contributed by atoms with E-state index in [9.17, 15) is 0 Å². The molecule has 2 rings (SSSR count). The molecule has 4 nitrogen and oxygen atoms in total. The van der Waals surface area contributed by atoms with Gasteiger partial charge >= 0.3 is 0 Å². The normalized spacial score (nSPS) is 20.0. The summed E-state index contributed by atoms with van der Waals surface area (Å²) >= 11 is 0. The van der Waals surface area contributed by atoms with Crippen molar-refractivity contribution in [3.63, 3.8) is 0 Å². The largest absolute Gasteiger partial charge is 0.384 e. The van der Waals surface area contributed by atoms with Crippen LogP contribution in [-0.2, 0) is 4.74 Å². The molecule has 0 N–H and O–H groups in total. The average Bonchev–Trinajstić information content (AvgIpc) is 2.40. The van der Waals surface area contributed by atoms with E-state index in [1.165, 1.54) is 12.8 Å². The van der Waals surface area contributed by atoms with E-state index in [4.69, 9.17) is 10.00 Å². The molecule has 0 aromatic carbocycles. The van der Waals surface area contributed by atoms with Crippen LogP contribution >= 0.6 is 0 Å². The molecule has 0 spiro atoms. The molecule has 1 fully saturated rings. The Balaban J connectivity index is 2.03. The summed E-state index contributed by atoms with van der Waals surface area (Å²) in [6.07, 6.45) is 4.03. The molecule has 1 atom stereocenters. The molecule has 0 radical (unpaired) electrons. The maximum absolute atomic E-state index is 8.73. The molecule has 0 bridgehead atoms. The highest BCUT2D eigenvalue weighted by Crippen LogP contribution is 2.21. The van der Waals surface area contributed by atoms with Gasteiger partial charge in [0, 0.05) is 26.4 Å². The zero-order valence-electron chi connectivity index (χ0n) is 10.1. The van der Waals surface area contributed by atoms with Crippen molar-refractivity contribution in [2.45, 2.75) is 12.8 Å². The lowest BCUT2D eigenvalue weighted by atomic mass is 9.99. The van der Waals surface area contributed by atoms with Gasteiger partial charge in [-0.3, -0.25) is 0 Å². The molecule has 0 amide bonds. The van der Waals surface area contributed by atoms with Crippen LogP contribution in [0.4, 0.5) is 5.82 Å². The molecule has 2 heterocycles. The van der Waals surface area contributed by atoms with E-state index >= 15 is 0 Å². The molecule has 90 valence electrons. The van der Waals surface area contributed by atoms with Crippen LogP contribution in [0.15, 0.2) is 18.3 Å². The van der Waals surface area contributed by atoms with E-state index in [-0.39, 0.29) is 0 Å². The highest BCUT2D eigenvalue weighted by atomic mass is 16.5. The molecule has 1 aliphatic heterocycles. The third-order valence-corrected chi connectivity index (χ3v) is 3.12. The van der Waals surface area contributed by atoms with Crippen LogP contribution in [0.1, 0.15) is 18.4 Å². The van der Waals surface area contributed by atoms with Crippen molar-refractivity contribution in [2.24, 2.45) is 5.92 Å². The molecular weight excluding hydrogens is 214 g/mol. The lowest BCUT2D eigenvalue weighted by Gasteiger charge is -2.33. The fraction of sp³-hybridized carbons (Fsp3) is 0.538. The Labute approximate surface area is 102 Å². The van der Waals surface area contributed by atoms with Crippen molar-refractivity contribution in [3.8, 4) is 6.07 Å². The predicted molar refractivity (Wildman–Crippen MR) is 65.8 cm³/mol. The minimum absolute atomic E-state index is 0.589. The van der Waals surface area contributed by atoms with Crippen LogP contribution in [-0.4, -0.2) is 31.8 Å². The first-order valence-corrected chi connectivity index (χ1v) is 5.93. The van der Waals surface area contributed by atoms with E-state index in [1.54, 1.807) is 13.3 Å². The van der Waals surface area contributed by atoms with Gasteiger partial charge in [0.1, 0.15) is 11.9 Å². The first kappa shape index (κ1) is 11.9. The van der Waals surface area contributed by atoms with Crippen molar-refractivity contribution in [1.82, 2.24) is 4.98 Å². The zero-order chi connectivity index (χ0) is 12.1. The van der Waals surface area contributed by atoms with Crippen molar-refractivity contribution in [3.05, 3.63) is 23.9 Å². The molecular formula is C13H17N3O. The van der Waals surface area contributed by atoms with Crippen molar-refractivity contribution < 1.29 is 4.74 Å². The van der Waals surface area contributed by atoms with Crippen molar-refractivity contribution >= 4 is 5.82 Å². The SMILES string of the molecule is COC[C@@H]1CCCN(c2ccc(C#N)cn2)C1. The second-order valence-electron chi connectivity index (χ2n) is 4.43. The summed E-state index contributed by atoms with van der Waals surface area (Å²) in [6.45, 7) is 2.85. The van der Waals surface area contributed by atoms with Gasteiger partial charge in [-0.05, 0) is 30.9 Å². The topological polar surface area (TPSA) is 49.1 Å². The van der Waals surface area contributed by atoms with Crippen molar-refractivity contribution in [2.75, 3.05) is 31.7 Å². The minimum Gasteiger partial charge on any atom is -0.384 e. The predicted octanol–water partition coefficient (Wildman–Crippen LogP) is 1.82. The van der Waals surface area contributed by atoms with Gasteiger partial charge in [-0.1, -0.05) is 0 Å². The Morgan fingerprint density at radius 1 is 1.59 bits per heavy atom. The summed E-state index contributed by atoms with van der Waals surface area (Å²) in [5.74, 6) is 1.55. The number of nitrogens with zero attached hydrogens (tertiary/aromatic N) is 3. The van der Waals surface area contributed by atoms with E-state index in [0.29, 0.717) is 11.5 Å². The summed E-state index contributed by atoms with van der Waals surface area (Å²) in [4.78, 5) is 6.60. The first-order chi connectivity index (χ1) is 8.33. The van der Waals surface area contributed by atoms with Gasteiger partial charge < -0.3 is 9.64 Å². The van der Waals surface area contributed by atoms with Crippen molar-refractivity contribution in [1.29, 1.82) is 5.26 Å². The van der Waals surface area contributed by atoms with Gasteiger partial charge in [-0.2, -0.15) is 5.26 Å². The maximum Gasteiger partial charge on any atom is 0.128 e. The monoisotopic (exact) mass is 231 g/mol. The third-order valence-electron chi connectivity index (χ3n) is 3.12. The lowest BCUT2D eigenvalue weighted by Crippen LogP contribution is -2.37. The molecule has 0 saturated carbocycles. The van der Waals surface area contributed by atoms with Gasteiger partial charge in [0.15, 0.2) is 0 Å². The van der Waals surface area contributed by atoms with Crippen LogP contribution in [0, 0.1) is 17.2 Å². The van der Waals surface area contributed by atoms with Gasteiger partial charge in [0.2, 0.25) is 0 Å². The van der Waals surface area contributed by atoms with Crippen LogP contribution in [0.3, 0.4) is 0 Å². The van der Waals surface area contributed by atoms with Crippen LogP contribution in [0.25, 0.3) is 0 Å². The first-order valence-electron chi connectivity index (χ1n) is 5.93. The summed E-state index contributed by atoms with van der Waals surface area (Å²) < 4.78 is 5.21. The fourth-order valence-electron chi connectivity index (χ4n) is 2.28. The average molecular weight is 231 g/mol. The highest BCUT2D eigenvalue weighted by Gasteiger charge is 2.20. The summed E-state index contributed by atoms with van der Waals surface area (Å²) in [6, 6.07) is 5.83. The molecule has 4 heteroatoms. The molecule has 0 aliphatic carbocycles. The number of pyridine rings is 1. The fourth-order valence-corrected chi connectivity index (χ4v) is 2.28.